The summed E-state index contributed by atoms with van der Waals surface area (Å²) in [6, 6.07) is 6.92. The molecule has 1 aliphatic heterocycles. The van der Waals surface area contributed by atoms with E-state index < -0.39 is 10.0 Å². The first-order chi connectivity index (χ1) is 10.1. The number of benzene rings is 1. The summed E-state index contributed by atoms with van der Waals surface area (Å²) >= 11 is 0. The first kappa shape index (κ1) is 15.6. The highest BCUT2D eigenvalue weighted by atomic mass is 32.2. The van der Waals surface area contributed by atoms with Gasteiger partial charge in [-0.25, -0.2) is 12.7 Å². The Kier molecular flexibility index (Phi) is 5.01. The number of hydrogen-bond donors (Lipinski definition) is 1. The zero-order chi connectivity index (χ0) is 15.3. The topological polar surface area (TPSA) is 61.8 Å². The molecule has 2 rings (SSSR count). The monoisotopic (exact) mass is 307 g/mol. The lowest BCUT2D eigenvalue weighted by atomic mass is 10.3. The molecule has 6 heteroatoms. The van der Waals surface area contributed by atoms with E-state index in [9.17, 15) is 8.42 Å². The van der Waals surface area contributed by atoms with Gasteiger partial charge in [0, 0.05) is 13.1 Å². The number of allylic oxidation sites excluding steroid dienone is 1. The number of unbranched alkanes of at least 4 members (excludes halogenated alkanes) is 1. The van der Waals surface area contributed by atoms with Crippen LogP contribution in [-0.4, -0.2) is 31.8 Å². The Bertz CT molecular complexity index is 638. The molecule has 0 bridgehead atoms. The van der Waals surface area contributed by atoms with E-state index in [1.165, 1.54) is 4.31 Å². The van der Waals surface area contributed by atoms with E-state index in [1.54, 1.807) is 24.3 Å². The van der Waals surface area contributed by atoms with Gasteiger partial charge in [0.2, 0.25) is 5.96 Å². The summed E-state index contributed by atoms with van der Waals surface area (Å²) in [4.78, 5) is 4.69. The number of fused-ring (bicyclic) bond motifs is 1. The second-order valence-electron chi connectivity index (χ2n) is 4.83. The van der Waals surface area contributed by atoms with Crippen molar-refractivity contribution < 1.29 is 8.42 Å². The minimum atomic E-state index is -3.54. The molecule has 0 saturated heterocycles. The van der Waals surface area contributed by atoms with Crippen molar-refractivity contribution >= 4 is 21.7 Å². The highest BCUT2D eigenvalue weighted by Crippen LogP contribution is 2.29. The third-order valence-electron chi connectivity index (χ3n) is 3.19. The Hall–Kier alpha value is -1.82. The number of anilines is 1. The zero-order valence-electron chi connectivity index (χ0n) is 12.2. The molecule has 1 aliphatic rings. The van der Waals surface area contributed by atoms with Gasteiger partial charge in [-0.2, -0.15) is 0 Å². The van der Waals surface area contributed by atoms with Gasteiger partial charge in [0.05, 0.1) is 5.69 Å². The van der Waals surface area contributed by atoms with E-state index in [-0.39, 0.29) is 0 Å². The van der Waals surface area contributed by atoms with Gasteiger partial charge in [-0.3, -0.25) is 4.99 Å². The number of nitrogens with one attached hydrogen (secondary N) is 1. The lowest BCUT2D eigenvalue weighted by Gasteiger charge is -2.31. The van der Waals surface area contributed by atoms with Crippen LogP contribution in [0.1, 0.15) is 26.2 Å². The molecule has 0 aliphatic carbocycles. The SMILES string of the molecule is C=CCCCN1C(=NCCC)Nc2ccccc2S1(=O)=O. The van der Waals surface area contributed by atoms with Crippen LogP contribution in [-0.2, 0) is 10.0 Å². The van der Waals surface area contributed by atoms with Crippen molar-refractivity contribution in [2.24, 2.45) is 4.99 Å². The number of para-hydroxylation sites is 1. The van der Waals surface area contributed by atoms with Gasteiger partial charge in [0.1, 0.15) is 4.90 Å². The Morgan fingerprint density at radius 1 is 1.38 bits per heavy atom. The lowest BCUT2D eigenvalue weighted by Crippen LogP contribution is -2.45. The maximum atomic E-state index is 12.8. The van der Waals surface area contributed by atoms with E-state index in [0.717, 1.165) is 19.3 Å². The molecule has 0 amide bonds. The van der Waals surface area contributed by atoms with Crippen LogP contribution in [0.3, 0.4) is 0 Å². The number of nitrogens with zero attached hydrogens (tertiary/aromatic N) is 2. The van der Waals surface area contributed by atoms with Gasteiger partial charge in [0.25, 0.3) is 10.0 Å². The van der Waals surface area contributed by atoms with Crippen LogP contribution in [0.15, 0.2) is 46.8 Å². The lowest BCUT2D eigenvalue weighted by molar-refractivity contribution is 0.508. The molecular weight excluding hydrogens is 286 g/mol. The summed E-state index contributed by atoms with van der Waals surface area (Å²) < 4.78 is 26.9. The molecule has 114 valence electrons. The van der Waals surface area contributed by atoms with Crippen molar-refractivity contribution in [2.75, 3.05) is 18.4 Å². The molecule has 0 radical (unpaired) electrons. The van der Waals surface area contributed by atoms with Gasteiger partial charge < -0.3 is 5.32 Å². The number of rotatable bonds is 6. The highest BCUT2D eigenvalue weighted by molar-refractivity contribution is 7.90. The minimum Gasteiger partial charge on any atom is -0.324 e. The van der Waals surface area contributed by atoms with E-state index >= 15 is 0 Å². The molecule has 1 aromatic carbocycles. The first-order valence-electron chi connectivity index (χ1n) is 7.15. The third kappa shape index (κ3) is 3.26. The van der Waals surface area contributed by atoms with E-state index in [4.69, 9.17) is 0 Å². The largest absolute Gasteiger partial charge is 0.324 e. The molecular formula is C15H21N3O2S. The summed E-state index contributed by atoms with van der Waals surface area (Å²) in [5.41, 5.74) is 0.590. The maximum Gasteiger partial charge on any atom is 0.268 e. The predicted molar refractivity (Wildman–Crippen MR) is 86.0 cm³/mol. The van der Waals surface area contributed by atoms with Crippen LogP contribution < -0.4 is 5.32 Å². The van der Waals surface area contributed by atoms with Crippen LogP contribution in [0, 0.1) is 0 Å². The number of hydrogen-bond acceptors (Lipinski definition) is 3. The molecule has 0 fully saturated rings. The summed E-state index contributed by atoms with van der Waals surface area (Å²) in [7, 11) is -3.54. The summed E-state index contributed by atoms with van der Waals surface area (Å²) in [5.74, 6) is 0.416. The Morgan fingerprint density at radius 2 is 2.14 bits per heavy atom. The van der Waals surface area contributed by atoms with Crippen molar-refractivity contribution in [3.63, 3.8) is 0 Å². The van der Waals surface area contributed by atoms with Crippen LogP contribution in [0.4, 0.5) is 5.69 Å². The minimum absolute atomic E-state index is 0.305. The van der Waals surface area contributed by atoms with Crippen LogP contribution in [0.2, 0.25) is 0 Å². The van der Waals surface area contributed by atoms with Crippen molar-refractivity contribution in [1.82, 2.24) is 4.31 Å². The van der Waals surface area contributed by atoms with Gasteiger partial charge in [-0.1, -0.05) is 25.1 Å². The van der Waals surface area contributed by atoms with Crippen molar-refractivity contribution in [3.05, 3.63) is 36.9 Å². The van der Waals surface area contributed by atoms with E-state index in [1.807, 2.05) is 13.0 Å². The molecule has 0 atom stereocenters. The molecule has 0 unspecified atom stereocenters. The number of aliphatic imine (C=N–C) groups is 1. The van der Waals surface area contributed by atoms with Gasteiger partial charge in [0.15, 0.2) is 0 Å². The molecule has 21 heavy (non-hydrogen) atoms. The molecule has 1 N–H and O–H groups in total. The second-order valence-corrected chi connectivity index (χ2v) is 6.67. The molecule has 1 aromatic rings. The normalized spacial score (nSPS) is 18.1. The Balaban J connectivity index is 2.39. The smallest absolute Gasteiger partial charge is 0.268 e. The van der Waals surface area contributed by atoms with Crippen LogP contribution in [0.25, 0.3) is 0 Å². The maximum absolute atomic E-state index is 12.8. The third-order valence-corrected chi connectivity index (χ3v) is 5.04. The molecule has 0 aromatic heterocycles. The van der Waals surface area contributed by atoms with Crippen molar-refractivity contribution in [1.29, 1.82) is 0 Å². The number of sulfonamides is 1. The van der Waals surface area contributed by atoms with E-state index in [0.29, 0.717) is 29.6 Å². The van der Waals surface area contributed by atoms with Crippen LogP contribution in [0.5, 0.6) is 0 Å². The Labute approximate surface area is 126 Å². The van der Waals surface area contributed by atoms with Crippen LogP contribution >= 0.6 is 0 Å². The molecule has 1 heterocycles. The van der Waals surface area contributed by atoms with Gasteiger partial charge in [-0.15, -0.1) is 6.58 Å². The average molecular weight is 307 g/mol. The van der Waals surface area contributed by atoms with E-state index in [2.05, 4.69) is 16.9 Å². The quantitative estimate of drug-likeness (QED) is 0.649. The predicted octanol–water partition coefficient (Wildman–Crippen LogP) is 2.84. The standard InChI is InChI=1S/C15H21N3O2S/c1-3-5-8-12-18-15(16-11-4-2)17-13-9-6-7-10-14(13)21(18,19)20/h3,6-7,9-10H,1,4-5,8,11-12H2,2H3,(H,16,17). The first-order valence-corrected chi connectivity index (χ1v) is 8.59. The molecule has 5 nitrogen and oxygen atoms in total. The summed E-state index contributed by atoms with van der Waals surface area (Å²) in [6.45, 7) is 6.68. The van der Waals surface area contributed by atoms with Crippen molar-refractivity contribution in [3.8, 4) is 0 Å². The molecule has 0 spiro atoms. The second kappa shape index (κ2) is 6.76. The Morgan fingerprint density at radius 3 is 2.86 bits per heavy atom. The van der Waals surface area contributed by atoms with Crippen molar-refractivity contribution in [2.45, 2.75) is 31.1 Å². The fraction of sp³-hybridized carbons (Fsp3) is 0.400. The molecule has 0 saturated carbocycles. The summed E-state index contributed by atoms with van der Waals surface area (Å²) in [6.07, 6.45) is 4.15. The number of guanidine groups is 1. The zero-order valence-corrected chi connectivity index (χ0v) is 13.1. The van der Waals surface area contributed by atoms with Gasteiger partial charge >= 0.3 is 0 Å². The summed E-state index contributed by atoms with van der Waals surface area (Å²) in [5, 5.41) is 3.14. The fourth-order valence-corrected chi connectivity index (χ4v) is 3.74. The fourth-order valence-electron chi connectivity index (χ4n) is 2.15. The van der Waals surface area contributed by atoms with Gasteiger partial charge in [-0.05, 0) is 31.4 Å². The average Bonchev–Trinajstić information content (AvgIpc) is 2.48. The highest BCUT2D eigenvalue weighted by Gasteiger charge is 2.34.